The summed E-state index contributed by atoms with van der Waals surface area (Å²) < 4.78 is 11.0. The van der Waals surface area contributed by atoms with E-state index in [-0.39, 0.29) is 5.60 Å². The summed E-state index contributed by atoms with van der Waals surface area (Å²) in [5.74, 6) is 1.12. The Morgan fingerprint density at radius 2 is 2.07 bits per heavy atom. The molecule has 4 nitrogen and oxygen atoms in total. The van der Waals surface area contributed by atoms with E-state index in [9.17, 15) is 0 Å². The van der Waals surface area contributed by atoms with Crippen LogP contribution in [0.4, 0.5) is 0 Å². The molecule has 2 fully saturated rings. The Morgan fingerprint density at radius 3 is 2.72 bits per heavy atom. The van der Waals surface area contributed by atoms with Gasteiger partial charge in [0.05, 0.1) is 12.7 Å². The molecule has 0 unspecified atom stereocenters. The third-order valence-corrected chi connectivity index (χ3v) is 6.26. The van der Waals surface area contributed by atoms with Crippen LogP contribution in [0, 0.1) is 0 Å². The Bertz CT molecular complexity index is 748. The van der Waals surface area contributed by atoms with E-state index in [1.165, 1.54) is 56.2 Å². The highest BCUT2D eigenvalue weighted by atomic mass is 35.5. The molecule has 0 radical (unpaired) electrons. The minimum atomic E-state index is 0.209. The monoisotopic (exact) mass is 416 g/mol. The SMILES string of the molecule is CCCCc1cnc(OC)c(Cl)c1.c1ccc([C@@H]2CCOC3(CCCC3)C2)nc1. The molecule has 2 aromatic rings. The second-order valence-electron chi connectivity index (χ2n) is 8.12. The number of ether oxygens (including phenoxy) is 2. The molecule has 2 aromatic heterocycles. The first-order valence-electron chi connectivity index (χ1n) is 10.9. The van der Waals surface area contributed by atoms with Crippen molar-refractivity contribution in [1.82, 2.24) is 9.97 Å². The second kappa shape index (κ2) is 10.9. The van der Waals surface area contributed by atoms with Gasteiger partial charge in [0, 0.05) is 30.6 Å². The van der Waals surface area contributed by atoms with Gasteiger partial charge in [0.2, 0.25) is 5.88 Å². The number of aromatic nitrogens is 2. The average molecular weight is 417 g/mol. The average Bonchev–Trinajstić information content (AvgIpc) is 3.21. The van der Waals surface area contributed by atoms with Gasteiger partial charge in [-0.3, -0.25) is 4.98 Å². The topological polar surface area (TPSA) is 44.2 Å². The highest BCUT2D eigenvalue weighted by Crippen LogP contribution is 2.44. The Balaban J connectivity index is 0.000000170. The van der Waals surface area contributed by atoms with E-state index in [0.29, 0.717) is 16.8 Å². The number of aryl methyl sites for hydroxylation is 1. The summed E-state index contributed by atoms with van der Waals surface area (Å²) in [6.07, 6.45) is 14.6. The van der Waals surface area contributed by atoms with Crippen LogP contribution in [0.25, 0.3) is 0 Å². The number of pyridine rings is 2. The van der Waals surface area contributed by atoms with Gasteiger partial charge in [-0.2, -0.15) is 0 Å². The van der Waals surface area contributed by atoms with Crippen molar-refractivity contribution in [3.63, 3.8) is 0 Å². The minimum absolute atomic E-state index is 0.209. The van der Waals surface area contributed by atoms with Crippen LogP contribution in [-0.2, 0) is 11.2 Å². The maximum atomic E-state index is 6.05. The number of nitrogens with zero attached hydrogens (tertiary/aromatic N) is 2. The zero-order valence-electron chi connectivity index (χ0n) is 17.7. The van der Waals surface area contributed by atoms with Gasteiger partial charge in [0.1, 0.15) is 5.02 Å². The number of hydrogen-bond donors (Lipinski definition) is 0. The molecule has 1 atom stereocenters. The van der Waals surface area contributed by atoms with Crippen LogP contribution in [0.1, 0.15) is 75.5 Å². The van der Waals surface area contributed by atoms with Crippen LogP contribution in [0.2, 0.25) is 5.02 Å². The van der Waals surface area contributed by atoms with Crippen LogP contribution in [0.3, 0.4) is 0 Å². The molecule has 158 valence electrons. The molecule has 1 spiro atoms. The first-order chi connectivity index (χ1) is 14.2. The van der Waals surface area contributed by atoms with Crippen LogP contribution >= 0.6 is 11.6 Å². The predicted molar refractivity (Wildman–Crippen MR) is 118 cm³/mol. The van der Waals surface area contributed by atoms with Crippen LogP contribution in [0.5, 0.6) is 5.88 Å². The lowest BCUT2D eigenvalue weighted by molar-refractivity contribution is -0.0809. The van der Waals surface area contributed by atoms with Crippen molar-refractivity contribution >= 4 is 11.6 Å². The Morgan fingerprint density at radius 1 is 1.24 bits per heavy atom. The van der Waals surface area contributed by atoms with E-state index in [1.807, 2.05) is 24.5 Å². The van der Waals surface area contributed by atoms with Crippen molar-refractivity contribution < 1.29 is 9.47 Å². The van der Waals surface area contributed by atoms with Crippen LogP contribution in [0.15, 0.2) is 36.7 Å². The predicted octanol–water partition coefficient (Wildman–Crippen LogP) is 6.37. The van der Waals surface area contributed by atoms with Crippen molar-refractivity contribution in [1.29, 1.82) is 0 Å². The summed E-state index contributed by atoms with van der Waals surface area (Å²) in [6.45, 7) is 3.08. The second-order valence-corrected chi connectivity index (χ2v) is 8.53. The summed E-state index contributed by atoms with van der Waals surface area (Å²) in [4.78, 5) is 8.60. The number of methoxy groups -OCH3 is 1. The molecule has 1 saturated carbocycles. The summed E-state index contributed by atoms with van der Waals surface area (Å²) >= 11 is 5.92. The fraction of sp³-hybridized carbons (Fsp3) is 0.583. The van der Waals surface area contributed by atoms with E-state index >= 15 is 0 Å². The molecule has 0 amide bonds. The first kappa shape index (κ1) is 22.0. The minimum Gasteiger partial charge on any atom is -0.480 e. The van der Waals surface area contributed by atoms with E-state index in [0.717, 1.165) is 19.4 Å². The number of hydrogen-bond acceptors (Lipinski definition) is 4. The van der Waals surface area contributed by atoms with Gasteiger partial charge in [-0.1, -0.05) is 43.9 Å². The van der Waals surface area contributed by atoms with E-state index in [2.05, 4.69) is 29.0 Å². The fourth-order valence-electron chi connectivity index (χ4n) is 4.40. The Kier molecular flexibility index (Phi) is 8.31. The highest BCUT2D eigenvalue weighted by molar-refractivity contribution is 6.31. The van der Waals surface area contributed by atoms with Gasteiger partial charge >= 0.3 is 0 Å². The lowest BCUT2D eigenvalue weighted by Gasteiger charge is -2.38. The van der Waals surface area contributed by atoms with Crippen molar-refractivity contribution in [3.05, 3.63) is 52.9 Å². The summed E-state index contributed by atoms with van der Waals surface area (Å²) in [5, 5.41) is 0.594. The van der Waals surface area contributed by atoms with Crippen LogP contribution < -0.4 is 4.74 Å². The molecule has 0 bridgehead atoms. The normalized spacial score (nSPS) is 20.2. The summed E-state index contributed by atoms with van der Waals surface area (Å²) in [7, 11) is 1.57. The maximum Gasteiger partial charge on any atom is 0.232 e. The largest absolute Gasteiger partial charge is 0.480 e. The lowest BCUT2D eigenvalue weighted by Crippen LogP contribution is -2.36. The Labute approximate surface area is 180 Å². The van der Waals surface area contributed by atoms with E-state index < -0.39 is 0 Å². The molecule has 4 rings (SSSR count). The molecule has 29 heavy (non-hydrogen) atoms. The van der Waals surface area contributed by atoms with Crippen molar-refractivity contribution in [2.75, 3.05) is 13.7 Å². The molecular weight excluding hydrogens is 384 g/mol. The molecule has 1 saturated heterocycles. The number of rotatable bonds is 5. The zero-order chi connectivity index (χ0) is 20.5. The van der Waals surface area contributed by atoms with Crippen LogP contribution in [-0.4, -0.2) is 29.3 Å². The zero-order valence-corrected chi connectivity index (χ0v) is 18.5. The van der Waals surface area contributed by atoms with Gasteiger partial charge in [0.15, 0.2) is 0 Å². The summed E-state index contributed by atoms with van der Waals surface area (Å²) in [5.41, 5.74) is 2.64. The van der Waals surface area contributed by atoms with Gasteiger partial charge < -0.3 is 9.47 Å². The third-order valence-electron chi connectivity index (χ3n) is 5.99. The third kappa shape index (κ3) is 6.16. The molecule has 2 aliphatic rings. The molecule has 0 N–H and O–H groups in total. The lowest BCUT2D eigenvalue weighted by atomic mass is 9.83. The van der Waals surface area contributed by atoms with Gasteiger partial charge in [-0.15, -0.1) is 0 Å². The quantitative estimate of drug-likeness (QED) is 0.567. The van der Waals surface area contributed by atoms with Gasteiger partial charge in [-0.05, 0) is 62.3 Å². The molecule has 5 heteroatoms. The molecule has 0 aromatic carbocycles. The highest BCUT2D eigenvalue weighted by Gasteiger charge is 2.40. The number of unbranched alkanes of at least 4 members (excludes halogenated alkanes) is 1. The molecule has 1 aliphatic carbocycles. The fourth-order valence-corrected chi connectivity index (χ4v) is 4.66. The molecule has 3 heterocycles. The smallest absolute Gasteiger partial charge is 0.232 e. The first-order valence-corrected chi connectivity index (χ1v) is 11.3. The van der Waals surface area contributed by atoms with Crippen molar-refractivity contribution in [2.24, 2.45) is 0 Å². The van der Waals surface area contributed by atoms with E-state index in [1.54, 1.807) is 7.11 Å². The maximum absolute atomic E-state index is 6.05. The Hall–Kier alpha value is -1.65. The van der Waals surface area contributed by atoms with Crippen molar-refractivity contribution in [2.45, 2.75) is 76.2 Å². The molecular formula is C24H33ClN2O2. The molecule has 1 aliphatic heterocycles. The standard InChI is InChI=1S/C14H19NO.C10H14ClNO/c1-4-9-15-13(5-1)12-6-10-16-14(11-12)7-2-3-8-14;1-3-4-5-8-6-9(11)10(13-2)12-7-8/h1,4-5,9,12H,2-3,6-8,10-11H2;6-7H,3-5H2,1-2H3/t12-;/m1./s1. The van der Waals surface area contributed by atoms with Gasteiger partial charge in [0.25, 0.3) is 0 Å². The summed E-state index contributed by atoms with van der Waals surface area (Å²) in [6, 6.07) is 8.18. The van der Waals surface area contributed by atoms with Crippen molar-refractivity contribution in [3.8, 4) is 5.88 Å². The van der Waals surface area contributed by atoms with Gasteiger partial charge in [-0.25, -0.2) is 4.98 Å². The van der Waals surface area contributed by atoms with E-state index in [4.69, 9.17) is 21.1 Å². The number of halogens is 1.